The molecular weight excluding hydrogens is 364 g/mol. The van der Waals surface area contributed by atoms with E-state index in [4.69, 9.17) is 4.74 Å². The van der Waals surface area contributed by atoms with Gasteiger partial charge in [-0.25, -0.2) is 4.79 Å². The monoisotopic (exact) mass is 394 g/mol. The van der Waals surface area contributed by atoms with Crippen LogP contribution < -0.4 is 10.6 Å². The van der Waals surface area contributed by atoms with E-state index in [1.54, 1.807) is 23.9 Å². The van der Waals surface area contributed by atoms with Crippen LogP contribution in [0.15, 0.2) is 24.3 Å². The summed E-state index contributed by atoms with van der Waals surface area (Å²) in [7, 11) is 1.30. The molecule has 0 aromatic heterocycles. The summed E-state index contributed by atoms with van der Waals surface area (Å²) in [5.41, 5.74) is 1.73. The molecule has 1 aromatic rings. The number of esters is 1. The van der Waals surface area contributed by atoms with Gasteiger partial charge in [0.25, 0.3) is 5.91 Å². The second kappa shape index (κ2) is 11.0. The maximum atomic E-state index is 12.2. The molecule has 7 heteroatoms. The predicted molar refractivity (Wildman–Crippen MR) is 109 cm³/mol. The lowest BCUT2D eigenvalue weighted by molar-refractivity contribution is -0.145. The van der Waals surface area contributed by atoms with Gasteiger partial charge in [-0.3, -0.25) is 9.59 Å². The van der Waals surface area contributed by atoms with Gasteiger partial charge in [-0.1, -0.05) is 32.9 Å². The molecule has 0 heterocycles. The van der Waals surface area contributed by atoms with Crippen LogP contribution in [-0.4, -0.2) is 49.5 Å². The first-order valence-electron chi connectivity index (χ1n) is 8.94. The normalized spacial score (nSPS) is 12.2. The van der Waals surface area contributed by atoms with E-state index in [1.807, 2.05) is 18.4 Å². The summed E-state index contributed by atoms with van der Waals surface area (Å²) in [5, 5.41) is 5.39. The van der Waals surface area contributed by atoms with Crippen LogP contribution in [0.4, 0.5) is 0 Å². The van der Waals surface area contributed by atoms with Crippen molar-refractivity contribution in [1.82, 2.24) is 10.6 Å². The van der Waals surface area contributed by atoms with Gasteiger partial charge >= 0.3 is 5.97 Å². The van der Waals surface area contributed by atoms with Gasteiger partial charge in [-0.15, -0.1) is 0 Å². The molecule has 2 N–H and O–H groups in total. The topological polar surface area (TPSA) is 84.5 Å². The van der Waals surface area contributed by atoms with Crippen molar-refractivity contribution in [2.75, 3.05) is 25.7 Å². The van der Waals surface area contributed by atoms with Gasteiger partial charge in [0.05, 0.1) is 7.11 Å². The second-order valence-electron chi connectivity index (χ2n) is 7.26. The number of benzene rings is 1. The van der Waals surface area contributed by atoms with Crippen LogP contribution in [0.3, 0.4) is 0 Å². The molecule has 0 aliphatic heterocycles. The first kappa shape index (κ1) is 23.0. The molecular formula is C20H30N2O4S. The van der Waals surface area contributed by atoms with Crippen molar-refractivity contribution in [2.24, 2.45) is 0 Å². The summed E-state index contributed by atoms with van der Waals surface area (Å²) in [6, 6.07) is 6.79. The number of thioether (sulfide) groups is 1. The highest BCUT2D eigenvalue weighted by molar-refractivity contribution is 7.98. The number of hydrogen-bond donors (Lipinski definition) is 2. The Bertz CT molecular complexity index is 638. The number of amides is 2. The number of nitrogens with one attached hydrogen (secondary N) is 2. The maximum Gasteiger partial charge on any atom is 0.328 e. The number of carbonyl (C=O) groups is 3. The Morgan fingerprint density at radius 3 is 2.30 bits per heavy atom. The van der Waals surface area contributed by atoms with Crippen molar-refractivity contribution in [2.45, 2.75) is 45.1 Å². The van der Waals surface area contributed by atoms with Gasteiger partial charge in [-0.05, 0) is 41.5 Å². The molecule has 0 saturated heterocycles. The SMILES string of the molecule is COC(=O)C(CCSC)NC(=O)CCNC(=O)c1ccc(C(C)(C)C)cc1. The van der Waals surface area contributed by atoms with Crippen LogP contribution >= 0.6 is 11.8 Å². The lowest BCUT2D eigenvalue weighted by Crippen LogP contribution is -2.43. The minimum atomic E-state index is -0.657. The largest absolute Gasteiger partial charge is 0.467 e. The predicted octanol–water partition coefficient (Wildman–Crippen LogP) is 2.51. The van der Waals surface area contributed by atoms with Crippen molar-refractivity contribution >= 4 is 29.5 Å². The molecule has 6 nitrogen and oxygen atoms in total. The first-order valence-corrected chi connectivity index (χ1v) is 10.3. The fraction of sp³-hybridized carbons (Fsp3) is 0.550. The van der Waals surface area contributed by atoms with Gasteiger partial charge < -0.3 is 15.4 Å². The third-order valence-corrected chi connectivity index (χ3v) is 4.73. The number of carbonyl (C=O) groups excluding carboxylic acids is 3. The molecule has 1 unspecified atom stereocenters. The van der Waals surface area contributed by atoms with Crippen LogP contribution in [0.2, 0.25) is 0 Å². The van der Waals surface area contributed by atoms with Crippen LogP contribution in [0.25, 0.3) is 0 Å². The van der Waals surface area contributed by atoms with E-state index >= 15 is 0 Å². The molecule has 0 bridgehead atoms. The molecule has 0 aliphatic rings. The van der Waals surface area contributed by atoms with Gasteiger partial charge in [0.15, 0.2) is 0 Å². The van der Waals surface area contributed by atoms with E-state index in [-0.39, 0.29) is 30.2 Å². The zero-order valence-electron chi connectivity index (χ0n) is 16.8. The first-order chi connectivity index (χ1) is 12.7. The molecule has 2 amide bonds. The average molecular weight is 395 g/mol. The summed E-state index contributed by atoms with van der Waals surface area (Å²) in [5.74, 6) is -0.244. The minimum absolute atomic E-state index is 0.0273. The van der Waals surface area contributed by atoms with E-state index in [0.717, 1.165) is 11.3 Å². The van der Waals surface area contributed by atoms with Crippen LogP contribution in [0.5, 0.6) is 0 Å². The number of methoxy groups -OCH3 is 1. The van der Waals surface area contributed by atoms with E-state index in [0.29, 0.717) is 12.0 Å². The highest BCUT2D eigenvalue weighted by Gasteiger charge is 2.21. The summed E-state index contributed by atoms with van der Waals surface area (Å²) in [4.78, 5) is 35.9. The Morgan fingerprint density at radius 1 is 1.15 bits per heavy atom. The Kier molecular flexibility index (Phi) is 9.35. The van der Waals surface area contributed by atoms with E-state index in [9.17, 15) is 14.4 Å². The second-order valence-corrected chi connectivity index (χ2v) is 8.24. The van der Waals surface area contributed by atoms with Crippen molar-refractivity contribution in [3.05, 3.63) is 35.4 Å². The molecule has 0 fully saturated rings. The maximum absolute atomic E-state index is 12.2. The standard InChI is InChI=1S/C20H30N2O4S/c1-20(2,3)15-8-6-14(7-9-15)18(24)21-12-10-17(23)22-16(11-13-27-5)19(25)26-4/h6-9,16H,10-13H2,1-5H3,(H,21,24)(H,22,23). The Labute approximate surface area is 165 Å². The van der Waals surface area contributed by atoms with Gasteiger partial charge in [0, 0.05) is 18.5 Å². The molecule has 27 heavy (non-hydrogen) atoms. The molecule has 1 rings (SSSR count). The molecule has 0 spiro atoms. The smallest absolute Gasteiger partial charge is 0.328 e. The molecule has 150 valence electrons. The molecule has 0 radical (unpaired) electrons. The summed E-state index contributed by atoms with van der Waals surface area (Å²) < 4.78 is 4.71. The van der Waals surface area contributed by atoms with Crippen molar-refractivity contribution < 1.29 is 19.1 Å². The van der Waals surface area contributed by atoms with Crippen LogP contribution in [0, 0.1) is 0 Å². The zero-order chi connectivity index (χ0) is 20.4. The molecule has 1 aromatic carbocycles. The highest BCUT2D eigenvalue weighted by atomic mass is 32.2. The quantitative estimate of drug-likeness (QED) is 0.629. The number of rotatable bonds is 9. The average Bonchev–Trinajstić information content (AvgIpc) is 2.63. The number of hydrogen-bond acceptors (Lipinski definition) is 5. The lowest BCUT2D eigenvalue weighted by Gasteiger charge is -2.19. The third-order valence-electron chi connectivity index (χ3n) is 4.08. The van der Waals surface area contributed by atoms with Crippen molar-refractivity contribution in [3.63, 3.8) is 0 Å². The fourth-order valence-corrected chi connectivity index (χ4v) is 2.88. The Balaban J connectivity index is 2.47. The fourth-order valence-electron chi connectivity index (χ4n) is 2.41. The molecule has 0 aliphatic carbocycles. The summed E-state index contributed by atoms with van der Waals surface area (Å²) in [6.07, 6.45) is 2.53. The summed E-state index contributed by atoms with van der Waals surface area (Å²) in [6.45, 7) is 6.53. The van der Waals surface area contributed by atoms with E-state index in [1.165, 1.54) is 7.11 Å². The Hall–Kier alpha value is -2.02. The van der Waals surface area contributed by atoms with Gasteiger partial charge in [-0.2, -0.15) is 11.8 Å². The summed E-state index contributed by atoms with van der Waals surface area (Å²) >= 11 is 1.59. The van der Waals surface area contributed by atoms with Crippen molar-refractivity contribution in [3.8, 4) is 0 Å². The van der Waals surface area contributed by atoms with Gasteiger partial charge in [0.2, 0.25) is 5.91 Å². The van der Waals surface area contributed by atoms with E-state index in [2.05, 4.69) is 31.4 Å². The van der Waals surface area contributed by atoms with Crippen LogP contribution in [-0.2, 0) is 19.7 Å². The van der Waals surface area contributed by atoms with Crippen LogP contribution in [0.1, 0.15) is 49.5 Å². The number of ether oxygens (including phenoxy) is 1. The zero-order valence-corrected chi connectivity index (χ0v) is 17.6. The van der Waals surface area contributed by atoms with Gasteiger partial charge in [0.1, 0.15) is 6.04 Å². The highest BCUT2D eigenvalue weighted by Crippen LogP contribution is 2.22. The van der Waals surface area contributed by atoms with E-state index < -0.39 is 12.0 Å². The van der Waals surface area contributed by atoms with Crippen molar-refractivity contribution in [1.29, 1.82) is 0 Å². The lowest BCUT2D eigenvalue weighted by atomic mass is 9.87. The third kappa shape index (κ3) is 8.03. The Morgan fingerprint density at radius 2 is 1.78 bits per heavy atom. The minimum Gasteiger partial charge on any atom is -0.467 e. The molecule has 1 atom stereocenters. The molecule has 0 saturated carbocycles.